The standard InChI is InChI=1S/C13H14O/c14-13-8-4-7-12(9-10-13)11-5-2-1-3-6-11/h1-3,5-7H,4,8-10H2. The number of rotatable bonds is 1. The fourth-order valence-corrected chi connectivity index (χ4v) is 1.82. The smallest absolute Gasteiger partial charge is 0.133 e. The third-order valence-electron chi connectivity index (χ3n) is 2.63. The van der Waals surface area contributed by atoms with Crippen molar-refractivity contribution < 1.29 is 4.79 Å². The van der Waals surface area contributed by atoms with E-state index < -0.39 is 0 Å². The molecule has 2 rings (SSSR count). The van der Waals surface area contributed by atoms with Crippen LogP contribution in [0.1, 0.15) is 31.2 Å². The zero-order valence-corrected chi connectivity index (χ0v) is 8.20. The number of carbonyl (C=O) groups excluding carboxylic acids is 1. The fourth-order valence-electron chi connectivity index (χ4n) is 1.82. The van der Waals surface area contributed by atoms with Crippen molar-refractivity contribution in [1.82, 2.24) is 0 Å². The maximum absolute atomic E-state index is 11.2. The van der Waals surface area contributed by atoms with Crippen LogP contribution in [-0.2, 0) is 4.79 Å². The van der Waals surface area contributed by atoms with E-state index in [1.807, 2.05) is 18.2 Å². The van der Waals surface area contributed by atoms with Gasteiger partial charge in [-0.1, -0.05) is 36.4 Å². The van der Waals surface area contributed by atoms with Gasteiger partial charge >= 0.3 is 0 Å². The average molecular weight is 186 g/mol. The highest BCUT2D eigenvalue weighted by Gasteiger charge is 2.09. The van der Waals surface area contributed by atoms with Crippen molar-refractivity contribution >= 4 is 11.4 Å². The number of carbonyl (C=O) groups is 1. The molecule has 0 aromatic heterocycles. The fraction of sp³-hybridized carbons (Fsp3) is 0.308. The Morgan fingerprint density at radius 1 is 0.929 bits per heavy atom. The van der Waals surface area contributed by atoms with Gasteiger partial charge in [0.15, 0.2) is 0 Å². The summed E-state index contributed by atoms with van der Waals surface area (Å²) in [6, 6.07) is 10.3. The number of ketones is 1. The quantitative estimate of drug-likeness (QED) is 0.658. The van der Waals surface area contributed by atoms with Gasteiger partial charge in [-0.3, -0.25) is 4.79 Å². The van der Waals surface area contributed by atoms with Crippen molar-refractivity contribution in [2.75, 3.05) is 0 Å². The Balaban J connectivity index is 2.19. The minimum absolute atomic E-state index is 0.396. The highest BCUT2D eigenvalue weighted by Crippen LogP contribution is 2.24. The van der Waals surface area contributed by atoms with E-state index in [9.17, 15) is 4.79 Å². The lowest BCUT2D eigenvalue weighted by Crippen LogP contribution is -1.93. The van der Waals surface area contributed by atoms with Gasteiger partial charge in [-0.25, -0.2) is 0 Å². The minimum Gasteiger partial charge on any atom is -0.300 e. The second-order valence-corrected chi connectivity index (χ2v) is 3.67. The van der Waals surface area contributed by atoms with Gasteiger partial charge in [-0.15, -0.1) is 0 Å². The first-order valence-electron chi connectivity index (χ1n) is 5.12. The van der Waals surface area contributed by atoms with E-state index in [2.05, 4.69) is 18.2 Å². The van der Waals surface area contributed by atoms with Crippen LogP contribution >= 0.6 is 0 Å². The summed E-state index contributed by atoms with van der Waals surface area (Å²) in [4.78, 5) is 11.2. The SMILES string of the molecule is O=C1CCC=C(c2ccccc2)CC1. The Labute approximate surface area is 84.5 Å². The molecule has 0 heterocycles. The molecule has 1 aromatic carbocycles. The molecular weight excluding hydrogens is 172 g/mol. The summed E-state index contributed by atoms with van der Waals surface area (Å²) in [6.45, 7) is 0. The zero-order valence-electron chi connectivity index (χ0n) is 8.20. The van der Waals surface area contributed by atoms with Crippen LogP contribution in [0.5, 0.6) is 0 Å². The largest absolute Gasteiger partial charge is 0.300 e. The van der Waals surface area contributed by atoms with Crippen LogP contribution in [0.15, 0.2) is 36.4 Å². The van der Waals surface area contributed by atoms with Crippen molar-refractivity contribution in [2.24, 2.45) is 0 Å². The van der Waals surface area contributed by atoms with Crippen LogP contribution in [0.4, 0.5) is 0 Å². The monoisotopic (exact) mass is 186 g/mol. The molecule has 14 heavy (non-hydrogen) atoms. The molecule has 0 bridgehead atoms. The molecule has 1 aliphatic rings. The molecule has 0 saturated heterocycles. The van der Waals surface area contributed by atoms with Crippen molar-refractivity contribution in [3.05, 3.63) is 42.0 Å². The summed E-state index contributed by atoms with van der Waals surface area (Å²) in [7, 11) is 0. The molecule has 1 aromatic rings. The lowest BCUT2D eigenvalue weighted by atomic mass is 10.0. The maximum atomic E-state index is 11.2. The molecule has 0 radical (unpaired) electrons. The van der Waals surface area contributed by atoms with E-state index in [0.717, 1.165) is 19.3 Å². The Bertz CT molecular complexity index is 349. The molecule has 0 unspecified atom stereocenters. The Morgan fingerprint density at radius 2 is 1.71 bits per heavy atom. The summed E-state index contributed by atoms with van der Waals surface area (Å²) in [5.74, 6) is 0.396. The summed E-state index contributed by atoms with van der Waals surface area (Å²) in [5, 5.41) is 0. The van der Waals surface area contributed by atoms with Gasteiger partial charge in [0.05, 0.1) is 0 Å². The summed E-state index contributed by atoms with van der Waals surface area (Å²) in [5.41, 5.74) is 2.60. The van der Waals surface area contributed by atoms with Crippen molar-refractivity contribution in [1.29, 1.82) is 0 Å². The van der Waals surface area contributed by atoms with E-state index >= 15 is 0 Å². The molecule has 0 atom stereocenters. The third-order valence-corrected chi connectivity index (χ3v) is 2.63. The van der Waals surface area contributed by atoms with E-state index in [1.165, 1.54) is 11.1 Å². The number of hydrogen-bond donors (Lipinski definition) is 0. The predicted octanol–water partition coefficient (Wildman–Crippen LogP) is 3.21. The van der Waals surface area contributed by atoms with Crippen LogP contribution in [0.3, 0.4) is 0 Å². The normalized spacial score (nSPS) is 17.4. The Morgan fingerprint density at radius 3 is 2.50 bits per heavy atom. The van der Waals surface area contributed by atoms with Crippen LogP contribution < -0.4 is 0 Å². The van der Waals surface area contributed by atoms with Crippen LogP contribution in [0, 0.1) is 0 Å². The number of Topliss-reactive ketones (excluding diaryl/α,β-unsaturated/α-hetero) is 1. The second kappa shape index (κ2) is 4.23. The summed E-state index contributed by atoms with van der Waals surface area (Å²) < 4.78 is 0. The molecule has 72 valence electrons. The highest BCUT2D eigenvalue weighted by atomic mass is 16.1. The first-order chi connectivity index (χ1) is 6.86. The Hall–Kier alpha value is -1.37. The summed E-state index contributed by atoms with van der Waals surface area (Å²) in [6.07, 6.45) is 5.45. The minimum atomic E-state index is 0.396. The zero-order chi connectivity index (χ0) is 9.80. The molecule has 0 saturated carbocycles. The van der Waals surface area contributed by atoms with Crippen molar-refractivity contribution in [3.8, 4) is 0 Å². The van der Waals surface area contributed by atoms with Gasteiger partial charge in [0.25, 0.3) is 0 Å². The average Bonchev–Trinajstić information content (AvgIpc) is 2.44. The molecule has 1 nitrogen and oxygen atoms in total. The number of allylic oxidation sites excluding steroid dienone is 2. The number of benzene rings is 1. The molecule has 0 amide bonds. The molecule has 0 fully saturated rings. The molecule has 1 aliphatic carbocycles. The van der Waals surface area contributed by atoms with Gasteiger partial charge in [0.2, 0.25) is 0 Å². The van der Waals surface area contributed by atoms with E-state index in [0.29, 0.717) is 12.2 Å². The van der Waals surface area contributed by atoms with Gasteiger partial charge in [0, 0.05) is 12.8 Å². The summed E-state index contributed by atoms with van der Waals surface area (Å²) >= 11 is 0. The molecule has 0 spiro atoms. The first kappa shape index (κ1) is 9.20. The van der Waals surface area contributed by atoms with Crippen molar-refractivity contribution in [2.45, 2.75) is 25.7 Å². The van der Waals surface area contributed by atoms with Crippen molar-refractivity contribution in [3.63, 3.8) is 0 Å². The Kier molecular flexibility index (Phi) is 2.78. The lowest BCUT2D eigenvalue weighted by Gasteiger charge is -2.03. The molecular formula is C13H14O. The molecule has 0 N–H and O–H groups in total. The van der Waals surface area contributed by atoms with Gasteiger partial charge in [-0.2, -0.15) is 0 Å². The van der Waals surface area contributed by atoms with Crippen LogP contribution in [0.25, 0.3) is 5.57 Å². The van der Waals surface area contributed by atoms with Gasteiger partial charge in [-0.05, 0) is 24.0 Å². The molecule has 0 aliphatic heterocycles. The lowest BCUT2D eigenvalue weighted by molar-refractivity contribution is -0.118. The van der Waals surface area contributed by atoms with E-state index in [-0.39, 0.29) is 0 Å². The highest BCUT2D eigenvalue weighted by molar-refractivity contribution is 5.82. The molecule has 1 heteroatoms. The van der Waals surface area contributed by atoms with Gasteiger partial charge in [0.1, 0.15) is 5.78 Å². The van der Waals surface area contributed by atoms with Gasteiger partial charge < -0.3 is 0 Å². The third kappa shape index (κ3) is 2.11. The predicted molar refractivity (Wildman–Crippen MR) is 57.9 cm³/mol. The number of hydrogen-bond acceptors (Lipinski definition) is 1. The van der Waals surface area contributed by atoms with E-state index in [4.69, 9.17) is 0 Å². The maximum Gasteiger partial charge on any atom is 0.133 e. The van der Waals surface area contributed by atoms with E-state index in [1.54, 1.807) is 0 Å². The second-order valence-electron chi connectivity index (χ2n) is 3.67. The van der Waals surface area contributed by atoms with Crippen LogP contribution in [-0.4, -0.2) is 5.78 Å². The first-order valence-corrected chi connectivity index (χ1v) is 5.12. The topological polar surface area (TPSA) is 17.1 Å². The van der Waals surface area contributed by atoms with Crippen LogP contribution in [0.2, 0.25) is 0 Å².